The highest BCUT2D eigenvalue weighted by atomic mass is 14.7. The lowest BCUT2D eigenvalue weighted by Gasteiger charge is -2.12. The van der Waals surface area contributed by atoms with Crippen LogP contribution in [0.3, 0.4) is 0 Å². The Morgan fingerprint density at radius 2 is 1.79 bits per heavy atom. The summed E-state index contributed by atoms with van der Waals surface area (Å²) in [6, 6.07) is 4.21. The van der Waals surface area contributed by atoms with Gasteiger partial charge in [0, 0.05) is 5.69 Å². The molecule has 0 unspecified atom stereocenters. The van der Waals surface area contributed by atoms with Gasteiger partial charge in [-0.3, -0.25) is 4.98 Å². The van der Waals surface area contributed by atoms with Crippen LogP contribution in [0.15, 0.2) is 18.7 Å². The van der Waals surface area contributed by atoms with Crippen LogP contribution in [0, 0.1) is 0 Å². The zero-order chi connectivity index (χ0) is 10.7. The maximum absolute atomic E-state index is 4.67. The smallest absolute Gasteiger partial charge is 0.0504 e. The molecule has 0 spiro atoms. The zero-order valence-corrected chi connectivity index (χ0v) is 9.54. The summed E-state index contributed by atoms with van der Waals surface area (Å²) in [5.41, 5.74) is 3.48. The topological polar surface area (TPSA) is 12.9 Å². The van der Waals surface area contributed by atoms with Crippen molar-refractivity contribution in [1.29, 1.82) is 0 Å². The van der Waals surface area contributed by atoms with E-state index in [4.69, 9.17) is 0 Å². The lowest BCUT2D eigenvalue weighted by atomic mass is 10.0. The second kappa shape index (κ2) is 4.41. The molecule has 0 aliphatic heterocycles. The molecule has 0 fully saturated rings. The minimum absolute atomic E-state index is 0.460. The van der Waals surface area contributed by atoms with E-state index in [1.54, 1.807) is 0 Å². The molecule has 76 valence electrons. The van der Waals surface area contributed by atoms with E-state index in [9.17, 15) is 0 Å². The molecule has 0 N–H and O–H groups in total. The Bertz CT molecular complexity index is 324. The van der Waals surface area contributed by atoms with E-state index in [0.717, 1.165) is 11.3 Å². The van der Waals surface area contributed by atoms with Gasteiger partial charge in [0.05, 0.1) is 5.69 Å². The summed E-state index contributed by atoms with van der Waals surface area (Å²) in [7, 11) is 0. The van der Waals surface area contributed by atoms with E-state index in [0.29, 0.717) is 11.8 Å². The predicted molar refractivity (Wildman–Crippen MR) is 62.5 cm³/mol. The lowest BCUT2D eigenvalue weighted by molar-refractivity contribution is 0.763. The molecule has 0 atom stereocenters. The SMILES string of the molecule is C=Cc1ccc(C(C)C)nc1C(C)C. The Hall–Kier alpha value is -1.11. The van der Waals surface area contributed by atoms with Crippen molar-refractivity contribution in [2.24, 2.45) is 0 Å². The maximum Gasteiger partial charge on any atom is 0.0504 e. The lowest BCUT2D eigenvalue weighted by Crippen LogP contribution is -2.01. The van der Waals surface area contributed by atoms with E-state index in [1.165, 1.54) is 5.69 Å². The van der Waals surface area contributed by atoms with Crippen LogP contribution in [-0.4, -0.2) is 4.98 Å². The fourth-order valence-electron chi connectivity index (χ4n) is 1.46. The van der Waals surface area contributed by atoms with Gasteiger partial charge < -0.3 is 0 Å². The molecule has 1 rings (SSSR count). The van der Waals surface area contributed by atoms with Crippen LogP contribution >= 0.6 is 0 Å². The molecular weight excluding hydrogens is 170 g/mol. The average Bonchev–Trinajstić information content (AvgIpc) is 2.16. The van der Waals surface area contributed by atoms with Crippen LogP contribution in [0.2, 0.25) is 0 Å². The molecule has 0 amide bonds. The fourth-order valence-corrected chi connectivity index (χ4v) is 1.46. The Morgan fingerprint density at radius 3 is 2.21 bits per heavy atom. The van der Waals surface area contributed by atoms with Gasteiger partial charge in [-0.15, -0.1) is 0 Å². The predicted octanol–water partition coefficient (Wildman–Crippen LogP) is 3.97. The average molecular weight is 189 g/mol. The molecule has 0 radical (unpaired) electrons. The van der Waals surface area contributed by atoms with Crippen LogP contribution in [0.5, 0.6) is 0 Å². The first kappa shape index (κ1) is 11.0. The van der Waals surface area contributed by atoms with Gasteiger partial charge in [-0.2, -0.15) is 0 Å². The molecule has 1 aromatic rings. The third-order valence-electron chi connectivity index (χ3n) is 2.34. The van der Waals surface area contributed by atoms with Crippen molar-refractivity contribution in [3.05, 3.63) is 35.7 Å². The molecule has 0 saturated heterocycles. The van der Waals surface area contributed by atoms with Crippen molar-refractivity contribution in [2.75, 3.05) is 0 Å². The van der Waals surface area contributed by atoms with Crippen LogP contribution in [0.25, 0.3) is 6.08 Å². The minimum Gasteiger partial charge on any atom is -0.257 e. The van der Waals surface area contributed by atoms with Gasteiger partial charge in [0.1, 0.15) is 0 Å². The van der Waals surface area contributed by atoms with Crippen molar-refractivity contribution in [3.63, 3.8) is 0 Å². The minimum atomic E-state index is 0.460. The molecule has 1 heterocycles. The summed E-state index contributed by atoms with van der Waals surface area (Å²) >= 11 is 0. The number of aromatic nitrogens is 1. The van der Waals surface area contributed by atoms with E-state index >= 15 is 0 Å². The van der Waals surface area contributed by atoms with Gasteiger partial charge in [-0.1, -0.05) is 46.4 Å². The molecule has 0 aromatic carbocycles. The van der Waals surface area contributed by atoms with Crippen molar-refractivity contribution < 1.29 is 0 Å². The molecular formula is C13H19N. The summed E-state index contributed by atoms with van der Waals surface area (Å²) in [4.78, 5) is 4.67. The van der Waals surface area contributed by atoms with Crippen molar-refractivity contribution in [3.8, 4) is 0 Å². The number of rotatable bonds is 3. The molecule has 0 aliphatic carbocycles. The first-order chi connectivity index (χ1) is 6.56. The molecule has 0 saturated carbocycles. The number of pyridine rings is 1. The molecule has 0 bridgehead atoms. The number of nitrogens with zero attached hydrogens (tertiary/aromatic N) is 1. The first-order valence-corrected chi connectivity index (χ1v) is 5.19. The van der Waals surface area contributed by atoms with Gasteiger partial charge >= 0.3 is 0 Å². The first-order valence-electron chi connectivity index (χ1n) is 5.19. The highest BCUT2D eigenvalue weighted by Gasteiger charge is 2.08. The Labute approximate surface area is 86.9 Å². The monoisotopic (exact) mass is 189 g/mol. The molecule has 0 aliphatic rings. The van der Waals surface area contributed by atoms with Crippen LogP contribution in [0.1, 0.15) is 56.5 Å². The summed E-state index contributed by atoms with van der Waals surface area (Å²) in [5.74, 6) is 0.952. The summed E-state index contributed by atoms with van der Waals surface area (Å²) < 4.78 is 0. The Morgan fingerprint density at radius 1 is 1.14 bits per heavy atom. The largest absolute Gasteiger partial charge is 0.257 e. The maximum atomic E-state index is 4.67. The highest BCUT2D eigenvalue weighted by Crippen LogP contribution is 2.21. The van der Waals surface area contributed by atoms with E-state index in [1.807, 2.05) is 6.08 Å². The van der Waals surface area contributed by atoms with Gasteiger partial charge in [0.25, 0.3) is 0 Å². The normalized spacial score (nSPS) is 11.0. The quantitative estimate of drug-likeness (QED) is 0.701. The molecule has 1 nitrogen and oxygen atoms in total. The number of hydrogen-bond acceptors (Lipinski definition) is 1. The molecule has 14 heavy (non-hydrogen) atoms. The van der Waals surface area contributed by atoms with E-state index in [-0.39, 0.29) is 0 Å². The fraction of sp³-hybridized carbons (Fsp3) is 0.462. The van der Waals surface area contributed by atoms with Crippen molar-refractivity contribution in [1.82, 2.24) is 4.98 Å². The number of hydrogen-bond donors (Lipinski definition) is 0. The van der Waals surface area contributed by atoms with Crippen LogP contribution < -0.4 is 0 Å². The van der Waals surface area contributed by atoms with Gasteiger partial charge in [0.2, 0.25) is 0 Å². The standard InChI is InChI=1S/C13H19N/c1-6-11-7-8-12(9(2)3)14-13(11)10(4)5/h6-10H,1H2,2-5H3. The zero-order valence-electron chi connectivity index (χ0n) is 9.54. The van der Waals surface area contributed by atoms with Gasteiger partial charge in [-0.25, -0.2) is 0 Å². The third kappa shape index (κ3) is 2.22. The molecule has 1 aromatic heterocycles. The summed E-state index contributed by atoms with van der Waals surface area (Å²) in [6.45, 7) is 12.5. The van der Waals surface area contributed by atoms with Crippen LogP contribution in [0.4, 0.5) is 0 Å². The van der Waals surface area contributed by atoms with Crippen LogP contribution in [-0.2, 0) is 0 Å². The van der Waals surface area contributed by atoms with Gasteiger partial charge in [-0.05, 0) is 23.5 Å². The van der Waals surface area contributed by atoms with Gasteiger partial charge in [0.15, 0.2) is 0 Å². The summed E-state index contributed by atoms with van der Waals surface area (Å²) in [6.07, 6.45) is 1.88. The Balaban J connectivity index is 3.20. The summed E-state index contributed by atoms with van der Waals surface area (Å²) in [5, 5.41) is 0. The van der Waals surface area contributed by atoms with E-state index < -0.39 is 0 Å². The Kier molecular flexibility index (Phi) is 3.45. The second-order valence-electron chi connectivity index (χ2n) is 4.22. The highest BCUT2D eigenvalue weighted by molar-refractivity contribution is 5.50. The molecule has 1 heteroatoms. The third-order valence-corrected chi connectivity index (χ3v) is 2.34. The van der Waals surface area contributed by atoms with Crippen molar-refractivity contribution in [2.45, 2.75) is 39.5 Å². The van der Waals surface area contributed by atoms with Crippen molar-refractivity contribution >= 4 is 6.08 Å². The van der Waals surface area contributed by atoms with E-state index in [2.05, 4.69) is 51.4 Å². The second-order valence-corrected chi connectivity index (χ2v) is 4.22.